The van der Waals surface area contributed by atoms with Crippen molar-refractivity contribution in [3.8, 4) is 0 Å². The van der Waals surface area contributed by atoms with Crippen molar-refractivity contribution in [3.05, 3.63) is 41.6 Å². The van der Waals surface area contributed by atoms with Crippen molar-refractivity contribution in [3.63, 3.8) is 0 Å². The normalized spacial score (nSPS) is 11.4. The average Bonchev–Trinajstić information content (AvgIpc) is 2.44. The lowest BCUT2D eigenvalue weighted by Gasteiger charge is -2.22. The van der Waals surface area contributed by atoms with Crippen LogP contribution in [0.15, 0.2) is 30.3 Å². The zero-order valence-corrected chi connectivity index (χ0v) is 12.3. The number of benzene rings is 1. The van der Waals surface area contributed by atoms with Crippen LogP contribution < -0.4 is 5.73 Å². The van der Waals surface area contributed by atoms with E-state index >= 15 is 0 Å². The maximum absolute atomic E-state index is 5.70. The molecule has 2 rings (SSSR count). The van der Waals surface area contributed by atoms with Gasteiger partial charge < -0.3 is 10.5 Å². The summed E-state index contributed by atoms with van der Waals surface area (Å²) in [5, 5.41) is 1.22. The third-order valence-electron chi connectivity index (χ3n) is 3.38. The maximum atomic E-state index is 5.70. The molecule has 4 nitrogen and oxygen atoms in total. The molecule has 0 amide bonds. The van der Waals surface area contributed by atoms with Crippen LogP contribution in [-0.2, 0) is 11.3 Å². The van der Waals surface area contributed by atoms with Gasteiger partial charge >= 0.3 is 0 Å². The van der Waals surface area contributed by atoms with Gasteiger partial charge in [-0.15, -0.1) is 0 Å². The van der Waals surface area contributed by atoms with E-state index in [0.717, 1.165) is 37.5 Å². The van der Waals surface area contributed by atoms with Gasteiger partial charge in [0.05, 0.1) is 12.1 Å². The molecular formula is C16H23N3O. The van der Waals surface area contributed by atoms with E-state index in [-0.39, 0.29) is 0 Å². The zero-order chi connectivity index (χ0) is 14.4. The minimum Gasteiger partial charge on any atom is -0.383 e. The number of nitrogens with zero attached hydrogens (tertiary/aromatic N) is 2. The number of hydrogen-bond donors (Lipinski definition) is 1. The van der Waals surface area contributed by atoms with Crippen molar-refractivity contribution >= 4 is 10.9 Å². The molecule has 0 saturated heterocycles. The topological polar surface area (TPSA) is 51.4 Å². The van der Waals surface area contributed by atoms with E-state index < -0.39 is 0 Å². The van der Waals surface area contributed by atoms with Crippen LogP contribution in [0.25, 0.3) is 10.9 Å². The van der Waals surface area contributed by atoms with Gasteiger partial charge in [-0.2, -0.15) is 0 Å². The predicted molar refractivity (Wildman–Crippen MR) is 82.7 cm³/mol. The van der Waals surface area contributed by atoms with Gasteiger partial charge in [-0.25, -0.2) is 0 Å². The van der Waals surface area contributed by atoms with Gasteiger partial charge in [0.25, 0.3) is 0 Å². The van der Waals surface area contributed by atoms with Gasteiger partial charge in [0, 0.05) is 44.4 Å². The van der Waals surface area contributed by atoms with Gasteiger partial charge in [-0.3, -0.25) is 9.88 Å². The van der Waals surface area contributed by atoms with E-state index in [2.05, 4.69) is 34.1 Å². The van der Waals surface area contributed by atoms with Crippen molar-refractivity contribution in [1.29, 1.82) is 0 Å². The van der Waals surface area contributed by atoms with Crippen LogP contribution >= 0.6 is 0 Å². The van der Waals surface area contributed by atoms with Crippen LogP contribution in [0.4, 0.5) is 0 Å². The zero-order valence-electron chi connectivity index (χ0n) is 12.3. The smallest absolute Gasteiger partial charge is 0.0708 e. The van der Waals surface area contributed by atoms with Crippen molar-refractivity contribution in [1.82, 2.24) is 9.88 Å². The number of aromatic nitrogens is 1. The molecule has 0 atom stereocenters. The van der Waals surface area contributed by atoms with Crippen LogP contribution in [0, 0.1) is 6.92 Å². The summed E-state index contributed by atoms with van der Waals surface area (Å²) in [6.07, 6.45) is 0. The summed E-state index contributed by atoms with van der Waals surface area (Å²) in [6.45, 7) is 6.07. The summed E-state index contributed by atoms with van der Waals surface area (Å²) in [4.78, 5) is 6.91. The first kappa shape index (κ1) is 14.9. The molecule has 4 heteroatoms. The number of rotatable bonds is 7. The van der Waals surface area contributed by atoms with Gasteiger partial charge in [-0.05, 0) is 24.6 Å². The highest BCUT2D eigenvalue weighted by Gasteiger charge is 2.09. The molecule has 0 aliphatic rings. The minimum absolute atomic E-state index is 0.658. The van der Waals surface area contributed by atoms with E-state index in [1.807, 2.05) is 13.0 Å². The van der Waals surface area contributed by atoms with E-state index in [4.69, 9.17) is 10.5 Å². The summed E-state index contributed by atoms with van der Waals surface area (Å²) < 4.78 is 5.17. The molecule has 1 aromatic carbocycles. The number of methoxy groups -OCH3 is 1. The Kier molecular flexibility index (Phi) is 5.47. The predicted octanol–water partition coefficient (Wildman–Crippen LogP) is 1.95. The van der Waals surface area contributed by atoms with Crippen LogP contribution in [0.5, 0.6) is 0 Å². The lowest BCUT2D eigenvalue weighted by molar-refractivity contribution is 0.146. The first-order chi connectivity index (χ1) is 9.74. The molecule has 108 valence electrons. The number of fused-ring (bicyclic) bond motifs is 1. The fourth-order valence-electron chi connectivity index (χ4n) is 2.44. The Morgan fingerprint density at radius 2 is 2.05 bits per heavy atom. The third kappa shape index (κ3) is 3.76. The monoisotopic (exact) mass is 273 g/mol. The summed E-state index contributed by atoms with van der Waals surface area (Å²) in [5.41, 5.74) is 9.12. The molecule has 0 unspecified atom stereocenters. The Balaban J connectivity index is 2.26. The Labute approximate surface area is 120 Å². The average molecular weight is 273 g/mol. The molecule has 1 heterocycles. The fourth-order valence-corrected chi connectivity index (χ4v) is 2.44. The van der Waals surface area contributed by atoms with E-state index in [1.54, 1.807) is 7.11 Å². The molecule has 20 heavy (non-hydrogen) atoms. The van der Waals surface area contributed by atoms with E-state index in [0.29, 0.717) is 6.54 Å². The van der Waals surface area contributed by atoms with Crippen molar-refractivity contribution in [2.45, 2.75) is 13.5 Å². The van der Waals surface area contributed by atoms with Crippen LogP contribution in [-0.4, -0.2) is 43.2 Å². The van der Waals surface area contributed by atoms with Crippen LogP contribution in [0.1, 0.15) is 11.3 Å². The highest BCUT2D eigenvalue weighted by Crippen LogP contribution is 2.19. The number of hydrogen-bond acceptors (Lipinski definition) is 4. The SMILES string of the molecule is COCCN(CCN)Cc1cc(C)nc2ccccc12. The molecule has 2 N–H and O–H groups in total. The molecule has 2 aromatic rings. The highest BCUT2D eigenvalue weighted by atomic mass is 16.5. The Hall–Kier alpha value is -1.49. The van der Waals surface area contributed by atoms with Crippen LogP contribution in [0.3, 0.4) is 0 Å². The Morgan fingerprint density at radius 1 is 1.25 bits per heavy atom. The minimum atomic E-state index is 0.658. The Bertz CT molecular complexity index is 556. The molecule has 0 aliphatic carbocycles. The molecule has 0 spiro atoms. The summed E-state index contributed by atoms with van der Waals surface area (Å²) in [6, 6.07) is 10.5. The quantitative estimate of drug-likeness (QED) is 0.838. The molecular weight excluding hydrogens is 250 g/mol. The molecule has 0 radical (unpaired) electrons. The number of pyridine rings is 1. The van der Waals surface area contributed by atoms with Crippen LogP contribution in [0.2, 0.25) is 0 Å². The molecule has 1 aromatic heterocycles. The Morgan fingerprint density at radius 3 is 2.80 bits per heavy atom. The van der Waals surface area contributed by atoms with Gasteiger partial charge in [-0.1, -0.05) is 18.2 Å². The lowest BCUT2D eigenvalue weighted by atomic mass is 10.1. The second-order valence-electron chi connectivity index (χ2n) is 5.00. The largest absolute Gasteiger partial charge is 0.383 e. The molecule has 0 saturated carbocycles. The van der Waals surface area contributed by atoms with Gasteiger partial charge in [0.2, 0.25) is 0 Å². The third-order valence-corrected chi connectivity index (χ3v) is 3.38. The number of ether oxygens (including phenoxy) is 1. The summed E-state index contributed by atoms with van der Waals surface area (Å²) in [5.74, 6) is 0. The van der Waals surface area contributed by atoms with Gasteiger partial charge in [0.15, 0.2) is 0 Å². The van der Waals surface area contributed by atoms with Crippen molar-refractivity contribution in [2.75, 3.05) is 33.4 Å². The summed E-state index contributed by atoms with van der Waals surface area (Å²) >= 11 is 0. The fraction of sp³-hybridized carbons (Fsp3) is 0.438. The molecule has 0 bridgehead atoms. The highest BCUT2D eigenvalue weighted by molar-refractivity contribution is 5.82. The van der Waals surface area contributed by atoms with E-state index in [9.17, 15) is 0 Å². The van der Waals surface area contributed by atoms with Gasteiger partial charge in [0.1, 0.15) is 0 Å². The second kappa shape index (κ2) is 7.33. The number of para-hydroxylation sites is 1. The molecule has 0 aliphatic heterocycles. The number of aryl methyl sites for hydroxylation is 1. The number of nitrogens with two attached hydrogens (primary N) is 1. The lowest BCUT2D eigenvalue weighted by Crippen LogP contribution is -2.32. The summed E-state index contributed by atoms with van der Waals surface area (Å²) in [7, 11) is 1.73. The molecule has 0 fully saturated rings. The standard InChI is InChI=1S/C16H23N3O/c1-13-11-14(12-19(8-7-17)9-10-20-2)15-5-3-4-6-16(15)18-13/h3-6,11H,7-10,12,17H2,1-2H3. The van der Waals surface area contributed by atoms with E-state index in [1.165, 1.54) is 10.9 Å². The maximum Gasteiger partial charge on any atom is 0.0708 e. The first-order valence-corrected chi connectivity index (χ1v) is 7.01. The van der Waals surface area contributed by atoms with Crippen molar-refractivity contribution < 1.29 is 4.74 Å². The second-order valence-corrected chi connectivity index (χ2v) is 5.00. The first-order valence-electron chi connectivity index (χ1n) is 7.01. The van der Waals surface area contributed by atoms with Crippen molar-refractivity contribution in [2.24, 2.45) is 5.73 Å².